The van der Waals surface area contributed by atoms with E-state index >= 15 is 0 Å². The molecule has 0 aliphatic heterocycles. The molecule has 0 bridgehead atoms. The second-order valence-corrected chi connectivity index (χ2v) is 15.4. The van der Waals surface area contributed by atoms with Crippen molar-refractivity contribution in [3.05, 3.63) is 80.5 Å². The van der Waals surface area contributed by atoms with Crippen molar-refractivity contribution in [2.75, 3.05) is 17.2 Å². The van der Waals surface area contributed by atoms with E-state index in [1.807, 2.05) is 0 Å². The van der Waals surface area contributed by atoms with Gasteiger partial charge in [0.25, 0.3) is 0 Å². The fourth-order valence-electron chi connectivity index (χ4n) is 4.96. The average molecular weight is 773 g/mol. The average Bonchev–Trinajstić information content (AvgIpc) is 3.79. The summed E-state index contributed by atoms with van der Waals surface area (Å²) in [6.45, 7) is 1.18. The van der Waals surface area contributed by atoms with Crippen molar-refractivity contribution in [1.82, 2.24) is 9.55 Å². The number of aromatic nitrogens is 2. The summed E-state index contributed by atoms with van der Waals surface area (Å²) in [5, 5.41) is 0.350. The van der Waals surface area contributed by atoms with Crippen LogP contribution in [0, 0.1) is 5.92 Å². The van der Waals surface area contributed by atoms with E-state index in [1.165, 1.54) is 42.7 Å². The van der Waals surface area contributed by atoms with Crippen LogP contribution in [-0.4, -0.2) is 55.1 Å². The summed E-state index contributed by atoms with van der Waals surface area (Å²) in [6, 6.07) is 7.79. The van der Waals surface area contributed by atoms with E-state index < -0.39 is 52.7 Å². The van der Waals surface area contributed by atoms with Gasteiger partial charge in [0.2, 0.25) is 10.0 Å². The smallest absolute Gasteiger partial charge is 0.428 e. The predicted octanol–water partition coefficient (Wildman–Crippen LogP) is 6.91. The number of ether oxygens (including phenoxy) is 4. The second kappa shape index (κ2) is 15.1. The number of hydrogen-bond donors (Lipinski definition) is 0. The van der Waals surface area contributed by atoms with Crippen molar-refractivity contribution >= 4 is 62.1 Å². The molecule has 0 saturated heterocycles. The predicted molar refractivity (Wildman–Crippen MR) is 182 cm³/mol. The largest absolute Gasteiger partial charge is 0.489 e. The van der Waals surface area contributed by atoms with Crippen molar-refractivity contribution < 1.29 is 50.2 Å². The number of alkyl halides is 2. The number of amides is 1. The van der Waals surface area contributed by atoms with Crippen molar-refractivity contribution in [3.8, 4) is 11.5 Å². The highest BCUT2D eigenvalue weighted by Gasteiger charge is 2.32. The Balaban J connectivity index is 1.45. The maximum absolute atomic E-state index is 13.5. The Labute approximate surface area is 301 Å². The minimum absolute atomic E-state index is 0.00930. The molecule has 1 amide bonds. The van der Waals surface area contributed by atoms with Crippen molar-refractivity contribution in [2.45, 2.75) is 64.9 Å². The van der Waals surface area contributed by atoms with E-state index in [0.29, 0.717) is 15.4 Å². The number of nitrogens with zero attached hydrogens (tertiary/aromatic N) is 3. The van der Waals surface area contributed by atoms with Crippen LogP contribution in [0.3, 0.4) is 0 Å². The second-order valence-electron chi connectivity index (χ2n) is 12.7. The summed E-state index contributed by atoms with van der Waals surface area (Å²) in [5.74, 6) is -1.83. The molecule has 1 aliphatic rings. The minimum atomic E-state index is -4.19. The number of anilines is 1. The molecule has 5 rings (SSSR count). The molecule has 0 unspecified atom stereocenters. The first-order valence-corrected chi connectivity index (χ1v) is 18.1. The third kappa shape index (κ3) is 9.68. The van der Waals surface area contributed by atoms with Gasteiger partial charge in [-0.1, -0.05) is 29.3 Å². The van der Waals surface area contributed by atoms with Gasteiger partial charge in [-0.15, -0.1) is 0 Å². The Hall–Kier alpha value is -4.41. The molecule has 1 atom stereocenters. The molecule has 4 aromatic rings. The van der Waals surface area contributed by atoms with E-state index in [4.69, 9.17) is 41.8 Å². The Morgan fingerprint density at radius 1 is 1.08 bits per heavy atom. The van der Waals surface area contributed by atoms with E-state index in [-0.39, 0.29) is 57.3 Å². The summed E-state index contributed by atoms with van der Waals surface area (Å²) in [5.41, 5.74) is -0.553. The lowest BCUT2D eigenvalue weighted by atomic mass is 10.0. The van der Waals surface area contributed by atoms with Crippen LogP contribution < -0.4 is 19.5 Å². The van der Waals surface area contributed by atoms with Gasteiger partial charge in [0.1, 0.15) is 18.2 Å². The molecule has 13 nitrogen and oxygen atoms in total. The van der Waals surface area contributed by atoms with Gasteiger partial charge in [-0.25, -0.2) is 18.0 Å². The van der Waals surface area contributed by atoms with E-state index in [1.54, 1.807) is 20.8 Å². The van der Waals surface area contributed by atoms with Gasteiger partial charge in [-0.3, -0.25) is 14.3 Å². The number of halogens is 4. The maximum Gasteiger partial charge on any atom is 0.428 e. The molecule has 0 radical (unpaired) electrons. The van der Waals surface area contributed by atoms with Crippen LogP contribution in [0.15, 0.2) is 58.0 Å². The Morgan fingerprint density at radius 3 is 2.37 bits per heavy atom. The van der Waals surface area contributed by atoms with Crippen LogP contribution in [0.2, 0.25) is 10.0 Å². The van der Waals surface area contributed by atoms with Crippen LogP contribution in [0.25, 0.3) is 11.1 Å². The monoisotopic (exact) mass is 771 g/mol. The van der Waals surface area contributed by atoms with Gasteiger partial charge in [-0.2, -0.15) is 13.1 Å². The number of esters is 1. The molecule has 51 heavy (non-hydrogen) atoms. The maximum atomic E-state index is 13.5. The van der Waals surface area contributed by atoms with Gasteiger partial charge in [0.15, 0.2) is 17.1 Å². The zero-order valence-corrected chi connectivity index (χ0v) is 30.1. The molecule has 2 heterocycles. The number of carbonyl (C=O) groups excluding carboxylic acids is 2. The summed E-state index contributed by atoms with van der Waals surface area (Å²) in [6.07, 6.45) is 3.00. The molecular formula is C33H33Cl2F2N3O10S. The Kier molecular flexibility index (Phi) is 11.2. The minimum Gasteiger partial charge on any atom is -0.489 e. The van der Waals surface area contributed by atoms with Gasteiger partial charge in [0.05, 0.1) is 34.1 Å². The van der Waals surface area contributed by atoms with Crippen molar-refractivity contribution in [1.29, 1.82) is 0 Å². The first-order chi connectivity index (χ1) is 23.9. The highest BCUT2D eigenvalue weighted by atomic mass is 35.5. The summed E-state index contributed by atoms with van der Waals surface area (Å²) < 4.78 is 79.7. The van der Waals surface area contributed by atoms with Crippen LogP contribution in [0.4, 0.5) is 19.3 Å². The lowest BCUT2D eigenvalue weighted by Gasteiger charge is -2.25. The topological polar surface area (TPSA) is 156 Å². The van der Waals surface area contributed by atoms with E-state index in [9.17, 15) is 31.6 Å². The number of hydrogen-bond acceptors (Lipinski definition) is 11. The molecule has 0 N–H and O–H groups in total. The summed E-state index contributed by atoms with van der Waals surface area (Å²) in [7, 11) is -4.19. The van der Waals surface area contributed by atoms with Gasteiger partial charge >= 0.3 is 24.4 Å². The van der Waals surface area contributed by atoms with Crippen molar-refractivity contribution in [2.24, 2.45) is 5.92 Å². The highest BCUT2D eigenvalue weighted by Crippen LogP contribution is 2.38. The van der Waals surface area contributed by atoms with Crippen LogP contribution in [0.5, 0.6) is 11.5 Å². The third-order valence-electron chi connectivity index (χ3n) is 7.41. The molecule has 1 saturated carbocycles. The molecule has 1 fully saturated rings. The van der Waals surface area contributed by atoms with Crippen LogP contribution >= 0.6 is 23.2 Å². The molecule has 0 spiro atoms. The van der Waals surface area contributed by atoms with E-state index in [2.05, 4.69) is 9.72 Å². The number of oxazole rings is 1. The van der Waals surface area contributed by atoms with Gasteiger partial charge < -0.3 is 23.4 Å². The highest BCUT2D eigenvalue weighted by molar-refractivity contribution is 7.92. The fourth-order valence-corrected chi connectivity index (χ4v) is 6.28. The molecule has 1 aliphatic carbocycles. The first-order valence-electron chi connectivity index (χ1n) is 15.4. The number of pyridine rings is 1. The number of rotatable bonds is 13. The number of sulfonamides is 1. The summed E-state index contributed by atoms with van der Waals surface area (Å²) >= 11 is 12.7. The molecular weight excluding hydrogens is 739 g/mol. The SMILES string of the molecule is CC(C)(C)OC(=O)N(c1ccc2c(c1)oc(=O)n2CC(=O)O[C@@H](Cc1c(Cl)cncc1Cl)c1ccc(OC(F)F)c(OCC2CC2)c1)S(C)(=O)=O. The fraction of sp³-hybridized carbons (Fsp3) is 0.394. The molecule has 2 aromatic carbocycles. The Bertz CT molecular complexity index is 2090. The lowest BCUT2D eigenvalue weighted by molar-refractivity contribution is -0.150. The molecule has 274 valence electrons. The van der Waals surface area contributed by atoms with E-state index in [0.717, 1.165) is 29.7 Å². The molecule has 18 heteroatoms. The zero-order chi connectivity index (χ0) is 37.2. The molecule has 2 aromatic heterocycles. The normalized spacial score (nSPS) is 14.0. The quantitative estimate of drug-likeness (QED) is 0.130. The van der Waals surface area contributed by atoms with Gasteiger partial charge in [-0.05, 0) is 74.9 Å². The third-order valence-corrected chi connectivity index (χ3v) is 9.08. The lowest BCUT2D eigenvalue weighted by Crippen LogP contribution is -2.40. The first kappa shape index (κ1) is 37.8. The zero-order valence-electron chi connectivity index (χ0n) is 27.7. The standard InChI is InChI=1S/C33H33Cl2F2N3O10S/c1-33(2,3)50-32(43)40(51(4,44)45)20-8-9-24-27(12-20)49-31(42)39(24)16-29(41)47-26(13-21-22(34)14-38-15-23(21)35)19-7-10-25(48-30(36)37)28(11-19)46-17-18-5-6-18/h7-12,14-15,18,26,30H,5-6,13,16-17H2,1-4H3/t26-/m0/s1. The number of fused-ring (bicyclic) bond motifs is 1. The number of benzene rings is 2. The Morgan fingerprint density at radius 2 is 1.76 bits per heavy atom. The van der Waals surface area contributed by atoms with Crippen LogP contribution in [0.1, 0.15) is 50.8 Å². The van der Waals surface area contributed by atoms with Gasteiger partial charge in [0, 0.05) is 24.9 Å². The van der Waals surface area contributed by atoms with Crippen molar-refractivity contribution in [3.63, 3.8) is 0 Å². The van der Waals surface area contributed by atoms with Crippen LogP contribution in [-0.2, 0) is 37.3 Å². The summed E-state index contributed by atoms with van der Waals surface area (Å²) in [4.78, 5) is 43.2. The number of carbonyl (C=O) groups is 2.